The molecule has 0 fully saturated rings. The molecule has 138 valence electrons. The Balaban J connectivity index is 1.83. The highest BCUT2D eigenvalue weighted by Crippen LogP contribution is 2.27. The van der Waals surface area contributed by atoms with Gasteiger partial charge in [-0.3, -0.25) is 9.59 Å². The molecule has 0 bridgehead atoms. The monoisotopic (exact) mass is 406 g/mol. The number of hydrogen-bond donors (Lipinski definition) is 2. The lowest BCUT2D eigenvalue weighted by molar-refractivity contribution is -0.125. The Kier molecular flexibility index (Phi) is 6.70. The number of anilines is 1. The third-order valence-electron chi connectivity index (χ3n) is 3.01. The van der Waals surface area contributed by atoms with Crippen molar-refractivity contribution in [3.63, 3.8) is 0 Å². The standard InChI is InChI=1S/C16H11Cl2F3N2O3/c17-8-1-2-9(18)12(5-8)26-7-14(25)22-6-13(24)23-11-4-3-10(19)15(20)16(11)21/h1-5H,6-7H2,(H,22,25)(H,23,24). The van der Waals surface area contributed by atoms with Crippen molar-refractivity contribution < 1.29 is 27.5 Å². The van der Waals surface area contributed by atoms with Crippen LogP contribution in [0, 0.1) is 17.5 Å². The zero-order valence-electron chi connectivity index (χ0n) is 12.9. The van der Waals surface area contributed by atoms with Crippen molar-refractivity contribution in [2.45, 2.75) is 0 Å². The van der Waals surface area contributed by atoms with E-state index in [-0.39, 0.29) is 10.8 Å². The summed E-state index contributed by atoms with van der Waals surface area (Å²) in [7, 11) is 0. The molecule has 5 nitrogen and oxygen atoms in total. The van der Waals surface area contributed by atoms with Gasteiger partial charge in [-0.05, 0) is 24.3 Å². The van der Waals surface area contributed by atoms with Crippen LogP contribution >= 0.6 is 23.2 Å². The maximum atomic E-state index is 13.4. The average Bonchev–Trinajstić information content (AvgIpc) is 2.61. The van der Waals surface area contributed by atoms with Gasteiger partial charge in [0, 0.05) is 11.1 Å². The lowest BCUT2D eigenvalue weighted by Crippen LogP contribution is -2.36. The van der Waals surface area contributed by atoms with Crippen LogP contribution in [0.15, 0.2) is 30.3 Å². The van der Waals surface area contributed by atoms with Crippen LogP contribution in [0.5, 0.6) is 5.75 Å². The van der Waals surface area contributed by atoms with Gasteiger partial charge < -0.3 is 15.4 Å². The van der Waals surface area contributed by atoms with Crippen LogP contribution in [0.4, 0.5) is 18.9 Å². The summed E-state index contributed by atoms with van der Waals surface area (Å²) in [5.74, 6) is -5.96. The van der Waals surface area contributed by atoms with Gasteiger partial charge in [0.05, 0.1) is 17.3 Å². The summed E-state index contributed by atoms with van der Waals surface area (Å²) in [5.41, 5.74) is -0.551. The summed E-state index contributed by atoms with van der Waals surface area (Å²) in [6.07, 6.45) is 0. The molecule has 0 radical (unpaired) electrons. The lowest BCUT2D eigenvalue weighted by atomic mass is 10.2. The summed E-state index contributed by atoms with van der Waals surface area (Å²) in [6, 6.07) is 5.96. The fourth-order valence-electron chi connectivity index (χ4n) is 1.78. The van der Waals surface area contributed by atoms with Gasteiger partial charge in [-0.1, -0.05) is 23.2 Å². The predicted octanol–water partition coefficient (Wildman–Crippen LogP) is 3.54. The molecule has 0 aliphatic rings. The first-order valence-electron chi connectivity index (χ1n) is 7.06. The van der Waals surface area contributed by atoms with Gasteiger partial charge in [-0.25, -0.2) is 13.2 Å². The molecule has 0 saturated carbocycles. The number of carbonyl (C=O) groups is 2. The fraction of sp³-hybridized carbons (Fsp3) is 0.125. The number of nitrogens with one attached hydrogen (secondary N) is 2. The number of halogens is 5. The molecule has 0 aliphatic carbocycles. The third-order valence-corrected chi connectivity index (χ3v) is 3.55. The van der Waals surface area contributed by atoms with E-state index in [1.807, 2.05) is 5.32 Å². The van der Waals surface area contributed by atoms with Gasteiger partial charge in [-0.2, -0.15) is 0 Å². The number of rotatable bonds is 6. The SMILES string of the molecule is O=C(COc1cc(Cl)ccc1Cl)NCC(=O)Nc1ccc(F)c(F)c1F. The number of amides is 2. The molecule has 26 heavy (non-hydrogen) atoms. The highest BCUT2D eigenvalue weighted by Gasteiger charge is 2.15. The molecule has 0 spiro atoms. The highest BCUT2D eigenvalue weighted by molar-refractivity contribution is 6.34. The number of benzene rings is 2. The van der Waals surface area contributed by atoms with Crippen molar-refractivity contribution >= 4 is 40.7 Å². The molecular formula is C16H11Cl2F3N2O3. The zero-order chi connectivity index (χ0) is 19.3. The summed E-state index contributed by atoms with van der Waals surface area (Å²) in [4.78, 5) is 23.3. The van der Waals surface area contributed by atoms with Gasteiger partial charge >= 0.3 is 0 Å². The van der Waals surface area contributed by atoms with Crippen molar-refractivity contribution in [3.05, 3.63) is 57.8 Å². The smallest absolute Gasteiger partial charge is 0.258 e. The maximum Gasteiger partial charge on any atom is 0.258 e. The van der Waals surface area contributed by atoms with Gasteiger partial charge in [-0.15, -0.1) is 0 Å². The Bertz CT molecular complexity index is 850. The Morgan fingerprint density at radius 1 is 1.00 bits per heavy atom. The number of ether oxygens (including phenoxy) is 1. The van der Waals surface area contributed by atoms with E-state index in [4.69, 9.17) is 27.9 Å². The summed E-state index contributed by atoms with van der Waals surface area (Å²) < 4.78 is 44.5. The molecule has 0 aliphatic heterocycles. The van der Waals surface area contributed by atoms with Crippen molar-refractivity contribution in [1.29, 1.82) is 0 Å². The molecule has 2 rings (SSSR count). The highest BCUT2D eigenvalue weighted by atomic mass is 35.5. The first-order valence-corrected chi connectivity index (χ1v) is 7.81. The van der Waals surface area contributed by atoms with Crippen LogP contribution in [0.3, 0.4) is 0 Å². The van der Waals surface area contributed by atoms with Gasteiger partial charge in [0.2, 0.25) is 5.91 Å². The third kappa shape index (κ3) is 5.27. The van der Waals surface area contributed by atoms with Crippen LogP contribution < -0.4 is 15.4 Å². The second-order valence-electron chi connectivity index (χ2n) is 4.91. The van der Waals surface area contributed by atoms with Crippen molar-refractivity contribution in [1.82, 2.24) is 5.32 Å². The van der Waals surface area contributed by atoms with E-state index in [0.29, 0.717) is 11.1 Å². The van der Waals surface area contributed by atoms with Crippen LogP contribution in [0.25, 0.3) is 0 Å². The minimum absolute atomic E-state index is 0.183. The van der Waals surface area contributed by atoms with E-state index in [9.17, 15) is 22.8 Å². The summed E-state index contributed by atoms with van der Waals surface area (Å²) >= 11 is 11.6. The van der Waals surface area contributed by atoms with E-state index in [1.54, 1.807) is 6.07 Å². The Labute approximate surface area is 156 Å². The number of carbonyl (C=O) groups excluding carboxylic acids is 2. The molecule has 2 N–H and O–H groups in total. The van der Waals surface area contributed by atoms with E-state index >= 15 is 0 Å². The first-order chi connectivity index (χ1) is 12.3. The molecule has 0 saturated heterocycles. The minimum Gasteiger partial charge on any atom is -0.482 e. The topological polar surface area (TPSA) is 67.4 Å². The van der Waals surface area contributed by atoms with Crippen molar-refractivity contribution in [3.8, 4) is 5.75 Å². The Hall–Kier alpha value is -2.45. The molecule has 0 aromatic heterocycles. The largest absolute Gasteiger partial charge is 0.482 e. The predicted molar refractivity (Wildman–Crippen MR) is 89.9 cm³/mol. The Morgan fingerprint density at radius 3 is 2.46 bits per heavy atom. The zero-order valence-corrected chi connectivity index (χ0v) is 14.4. The summed E-state index contributed by atoms with van der Waals surface area (Å²) in [6.45, 7) is -0.989. The molecular weight excluding hydrogens is 396 g/mol. The summed E-state index contributed by atoms with van der Waals surface area (Å²) in [5, 5.41) is 4.82. The van der Waals surface area contributed by atoms with Crippen LogP contribution in [-0.4, -0.2) is 25.0 Å². The molecule has 0 atom stereocenters. The fourth-order valence-corrected chi connectivity index (χ4v) is 2.11. The molecule has 10 heteroatoms. The second-order valence-corrected chi connectivity index (χ2v) is 5.75. The van der Waals surface area contributed by atoms with Crippen LogP contribution in [0.2, 0.25) is 10.0 Å². The quantitative estimate of drug-likeness (QED) is 0.720. The van der Waals surface area contributed by atoms with Gasteiger partial charge in [0.15, 0.2) is 24.1 Å². The molecule has 2 aromatic rings. The molecule has 0 unspecified atom stereocenters. The van der Waals surface area contributed by atoms with Crippen molar-refractivity contribution in [2.24, 2.45) is 0 Å². The first kappa shape index (κ1) is 19.9. The Morgan fingerprint density at radius 2 is 1.73 bits per heavy atom. The maximum absolute atomic E-state index is 13.4. The van der Waals surface area contributed by atoms with Crippen molar-refractivity contribution in [2.75, 3.05) is 18.5 Å². The van der Waals surface area contributed by atoms with E-state index in [1.165, 1.54) is 12.1 Å². The van der Waals surface area contributed by atoms with Crippen LogP contribution in [-0.2, 0) is 9.59 Å². The normalized spacial score (nSPS) is 10.3. The molecule has 2 aromatic carbocycles. The molecule has 0 heterocycles. The second kappa shape index (κ2) is 8.77. The minimum atomic E-state index is -1.71. The van der Waals surface area contributed by atoms with Gasteiger partial charge in [0.1, 0.15) is 5.75 Å². The lowest BCUT2D eigenvalue weighted by Gasteiger charge is -2.10. The average molecular weight is 407 g/mol. The number of hydrogen-bond acceptors (Lipinski definition) is 3. The van der Waals surface area contributed by atoms with Gasteiger partial charge in [0.25, 0.3) is 5.91 Å². The van der Waals surface area contributed by atoms with Crippen LogP contribution in [0.1, 0.15) is 0 Å². The molecule has 2 amide bonds. The van der Waals surface area contributed by atoms with E-state index < -0.39 is 48.1 Å². The van der Waals surface area contributed by atoms with E-state index in [2.05, 4.69) is 5.32 Å². The van der Waals surface area contributed by atoms with E-state index in [0.717, 1.165) is 6.07 Å².